The van der Waals surface area contributed by atoms with Crippen LogP contribution in [0.15, 0.2) is 12.2 Å². The quantitative estimate of drug-likeness (QED) is 0.664. The van der Waals surface area contributed by atoms with E-state index < -0.39 is 5.97 Å². The molecule has 0 aromatic heterocycles. The molecule has 0 aliphatic carbocycles. The highest BCUT2D eigenvalue weighted by Crippen LogP contribution is 2.16. The lowest BCUT2D eigenvalue weighted by molar-refractivity contribution is -0.138. The highest BCUT2D eigenvalue weighted by molar-refractivity contribution is 5.87. The van der Waals surface area contributed by atoms with Crippen molar-refractivity contribution in [3.8, 4) is 0 Å². The number of ketones is 1. The topological polar surface area (TPSA) is 54.4 Å². The number of carboxylic acids is 1. The Balaban J connectivity index is 4.26. The van der Waals surface area contributed by atoms with Gasteiger partial charge in [-0.3, -0.25) is 9.59 Å². The summed E-state index contributed by atoms with van der Waals surface area (Å²) in [4.78, 5) is 21.1. The normalized spacial score (nSPS) is 13.5. The van der Waals surface area contributed by atoms with Gasteiger partial charge < -0.3 is 5.11 Å². The van der Waals surface area contributed by atoms with Gasteiger partial charge in [0.2, 0.25) is 0 Å². The fourth-order valence-electron chi connectivity index (χ4n) is 0.987. The van der Waals surface area contributed by atoms with Crippen molar-refractivity contribution in [1.29, 1.82) is 0 Å². The largest absolute Gasteiger partial charge is 0.481 e. The Morgan fingerprint density at radius 3 is 2.23 bits per heavy atom. The van der Waals surface area contributed by atoms with Crippen molar-refractivity contribution >= 4 is 11.8 Å². The molecule has 0 aromatic rings. The Kier molecular flexibility index (Phi) is 5.04. The van der Waals surface area contributed by atoms with Gasteiger partial charge in [0.1, 0.15) is 0 Å². The molecule has 1 atom stereocenters. The molecule has 0 unspecified atom stereocenters. The van der Waals surface area contributed by atoms with Crippen molar-refractivity contribution < 1.29 is 14.7 Å². The van der Waals surface area contributed by atoms with Crippen molar-refractivity contribution in [2.75, 3.05) is 0 Å². The molecular weight excluding hydrogens is 168 g/mol. The van der Waals surface area contributed by atoms with Gasteiger partial charge in [0.05, 0.1) is 6.42 Å². The van der Waals surface area contributed by atoms with E-state index in [1.54, 1.807) is 6.08 Å². The van der Waals surface area contributed by atoms with Crippen molar-refractivity contribution in [3.63, 3.8) is 0 Å². The zero-order valence-electron chi connectivity index (χ0n) is 8.28. The predicted octanol–water partition coefficient (Wildman–Crippen LogP) is 1.88. The minimum Gasteiger partial charge on any atom is -0.481 e. The average Bonchev–Trinajstić information content (AvgIpc) is 1.96. The van der Waals surface area contributed by atoms with Crippen LogP contribution in [0.3, 0.4) is 0 Å². The maximum Gasteiger partial charge on any atom is 0.303 e. The fraction of sp³-hybridized carbons (Fsp3) is 0.600. The van der Waals surface area contributed by atoms with Gasteiger partial charge in [0, 0.05) is 0 Å². The monoisotopic (exact) mass is 184 g/mol. The van der Waals surface area contributed by atoms with Gasteiger partial charge in [-0.1, -0.05) is 19.9 Å². The highest BCUT2D eigenvalue weighted by atomic mass is 16.4. The summed E-state index contributed by atoms with van der Waals surface area (Å²) in [6.45, 7) is 5.34. The molecule has 0 aliphatic heterocycles. The number of aliphatic carboxylic acids is 1. The molecule has 13 heavy (non-hydrogen) atoms. The predicted molar refractivity (Wildman–Crippen MR) is 50.4 cm³/mol. The molecule has 74 valence electrons. The van der Waals surface area contributed by atoms with Crippen LogP contribution in [0.1, 0.15) is 27.2 Å². The number of rotatable bonds is 5. The number of hydrogen-bond acceptors (Lipinski definition) is 2. The highest BCUT2D eigenvalue weighted by Gasteiger charge is 2.13. The van der Waals surface area contributed by atoms with Gasteiger partial charge in [-0.25, -0.2) is 0 Å². The summed E-state index contributed by atoms with van der Waals surface area (Å²) < 4.78 is 0. The maximum absolute atomic E-state index is 10.6. The number of carbonyl (C=O) groups is 2. The van der Waals surface area contributed by atoms with Crippen LogP contribution in [0.4, 0.5) is 0 Å². The third-order valence-corrected chi connectivity index (χ3v) is 1.84. The van der Waals surface area contributed by atoms with Gasteiger partial charge in [-0.15, -0.1) is 0 Å². The Hall–Kier alpha value is -1.12. The Morgan fingerprint density at radius 1 is 1.38 bits per heavy atom. The van der Waals surface area contributed by atoms with E-state index in [0.717, 1.165) is 0 Å². The average molecular weight is 184 g/mol. The third-order valence-electron chi connectivity index (χ3n) is 1.84. The van der Waals surface area contributed by atoms with E-state index in [4.69, 9.17) is 5.11 Å². The molecule has 0 fully saturated rings. The standard InChI is InChI=1S/C10H16O3/c1-7(2)9(6-10(12)13)5-4-8(3)11/h4-5,7,9H,6H2,1-3H3,(H,12,13)/b5-4+/t9-/m1/s1. The van der Waals surface area contributed by atoms with E-state index in [-0.39, 0.29) is 24.0 Å². The third kappa shape index (κ3) is 6.08. The molecule has 0 aromatic carbocycles. The van der Waals surface area contributed by atoms with Crippen molar-refractivity contribution in [3.05, 3.63) is 12.2 Å². The minimum atomic E-state index is -0.827. The number of carboxylic acid groups (broad SMARTS) is 1. The number of carbonyl (C=O) groups excluding carboxylic acids is 1. The van der Waals surface area contributed by atoms with Crippen LogP contribution in [0.2, 0.25) is 0 Å². The van der Waals surface area contributed by atoms with Crippen LogP contribution in [-0.2, 0) is 9.59 Å². The molecule has 0 heterocycles. The Morgan fingerprint density at radius 2 is 1.92 bits per heavy atom. The first-order chi connectivity index (χ1) is 5.93. The van der Waals surface area contributed by atoms with Crippen molar-refractivity contribution in [2.45, 2.75) is 27.2 Å². The molecule has 0 saturated heterocycles. The Bertz CT molecular complexity index is 216. The summed E-state index contributed by atoms with van der Waals surface area (Å²) in [5.74, 6) is -0.684. The zero-order valence-corrected chi connectivity index (χ0v) is 8.28. The van der Waals surface area contributed by atoms with Gasteiger partial charge in [-0.2, -0.15) is 0 Å². The first kappa shape index (κ1) is 11.9. The van der Waals surface area contributed by atoms with Gasteiger partial charge in [0.25, 0.3) is 0 Å². The van der Waals surface area contributed by atoms with Crippen molar-refractivity contribution in [2.24, 2.45) is 11.8 Å². The number of hydrogen-bond donors (Lipinski definition) is 1. The van der Waals surface area contributed by atoms with E-state index in [2.05, 4.69) is 0 Å². The van der Waals surface area contributed by atoms with Crippen LogP contribution in [0, 0.1) is 11.8 Å². The summed E-state index contributed by atoms with van der Waals surface area (Å²) >= 11 is 0. The maximum atomic E-state index is 10.6. The number of allylic oxidation sites excluding steroid dienone is 2. The van der Waals surface area contributed by atoms with Gasteiger partial charge >= 0.3 is 5.97 Å². The van der Waals surface area contributed by atoms with Crippen LogP contribution in [0.25, 0.3) is 0 Å². The minimum absolute atomic E-state index is 0.0453. The summed E-state index contributed by atoms with van der Waals surface area (Å²) in [6.07, 6.45) is 3.20. The molecule has 0 aliphatic rings. The SMILES string of the molecule is CC(=O)/C=C/[C@H](CC(=O)O)C(C)C. The van der Waals surface area contributed by atoms with Gasteiger partial charge in [0.15, 0.2) is 5.78 Å². The second kappa shape index (κ2) is 5.51. The van der Waals surface area contributed by atoms with Gasteiger partial charge in [-0.05, 0) is 24.8 Å². The summed E-state index contributed by atoms with van der Waals surface area (Å²) in [5, 5.41) is 8.58. The van der Waals surface area contributed by atoms with Crippen LogP contribution in [-0.4, -0.2) is 16.9 Å². The molecule has 0 saturated carbocycles. The first-order valence-corrected chi connectivity index (χ1v) is 4.34. The van der Waals surface area contributed by atoms with E-state index in [1.807, 2.05) is 13.8 Å². The lowest BCUT2D eigenvalue weighted by Crippen LogP contribution is -2.11. The second-order valence-corrected chi connectivity index (χ2v) is 3.48. The molecule has 0 amide bonds. The van der Waals surface area contributed by atoms with Crippen molar-refractivity contribution in [1.82, 2.24) is 0 Å². The molecule has 0 radical (unpaired) electrons. The molecule has 0 rings (SSSR count). The smallest absolute Gasteiger partial charge is 0.303 e. The lowest BCUT2D eigenvalue weighted by atomic mass is 9.92. The van der Waals surface area contributed by atoms with Crippen LogP contribution >= 0.6 is 0 Å². The molecule has 3 heteroatoms. The van der Waals surface area contributed by atoms with E-state index in [0.29, 0.717) is 0 Å². The summed E-state index contributed by atoms with van der Waals surface area (Å²) in [7, 11) is 0. The first-order valence-electron chi connectivity index (χ1n) is 4.34. The molecule has 0 spiro atoms. The summed E-state index contributed by atoms with van der Waals surface area (Å²) in [5.41, 5.74) is 0. The zero-order chi connectivity index (χ0) is 10.4. The second-order valence-electron chi connectivity index (χ2n) is 3.48. The molecule has 3 nitrogen and oxygen atoms in total. The molecule has 0 bridgehead atoms. The van der Waals surface area contributed by atoms with Crippen LogP contribution < -0.4 is 0 Å². The fourth-order valence-corrected chi connectivity index (χ4v) is 0.987. The Labute approximate surface area is 78.5 Å². The van der Waals surface area contributed by atoms with E-state index in [9.17, 15) is 9.59 Å². The van der Waals surface area contributed by atoms with E-state index >= 15 is 0 Å². The van der Waals surface area contributed by atoms with Crippen LogP contribution in [0.5, 0.6) is 0 Å². The molecular formula is C10H16O3. The van der Waals surface area contributed by atoms with E-state index in [1.165, 1.54) is 13.0 Å². The summed E-state index contributed by atoms with van der Waals surface area (Å²) in [6, 6.07) is 0. The lowest BCUT2D eigenvalue weighted by Gasteiger charge is -2.13. The molecule has 1 N–H and O–H groups in total.